The molecule has 0 saturated carbocycles. The fourth-order valence-corrected chi connectivity index (χ4v) is 0.707. The summed E-state index contributed by atoms with van der Waals surface area (Å²) in [5, 5.41) is 0. The van der Waals surface area contributed by atoms with Crippen LogP contribution in [0.25, 0.3) is 0 Å². The Morgan fingerprint density at radius 2 is 1.50 bits per heavy atom. The predicted octanol–water partition coefficient (Wildman–Crippen LogP) is -2.54. The third-order valence-electron chi connectivity index (χ3n) is 1.28. The molecular formula is C8H20Li2. The van der Waals surface area contributed by atoms with Crippen molar-refractivity contribution in [3.63, 3.8) is 0 Å². The zero-order valence-electron chi connectivity index (χ0n) is 10.6. The minimum atomic E-state index is 0. The largest absolute Gasteiger partial charge is 1.00 e. The van der Waals surface area contributed by atoms with Gasteiger partial charge in [-0.15, -0.1) is 0 Å². The van der Waals surface area contributed by atoms with E-state index in [2.05, 4.69) is 27.7 Å². The van der Waals surface area contributed by atoms with E-state index in [1.165, 1.54) is 19.3 Å². The van der Waals surface area contributed by atoms with Crippen LogP contribution >= 0.6 is 0 Å². The van der Waals surface area contributed by atoms with Crippen molar-refractivity contribution in [2.45, 2.75) is 47.0 Å². The summed E-state index contributed by atoms with van der Waals surface area (Å²) < 4.78 is 0. The molecule has 54 valence electrons. The molecule has 0 aromatic carbocycles. The van der Waals surface area contributed by atoms with Crippen LogP contribution in [-0.2, 0) is 0 Å². The summed E-state index contributed by atoms with van der Waals surface area (Å²) in [7, 11) is 0. The first-order valence-corrected chi connectivity index (χ1v) is 3.56. The van der Waals surface area contributed by atoms with Crippen LogP contribution in [0, 0.1) is 5.41 Å². The Hall–Kier alpha value is 1.19. The summed E-state index contributed by atoms with van der Waals surface area (Å²) in [6.45, 7) is 9.12. The van der Waals surface area contributed by atoms with E-state index >= 15 is 0 Å². The van der Waals surface area contributed by atoms with Crippen LogP contribution in [0.2, 0.25) is 0 Å². The van der Waals surface area contributed by atoms with Gasteiger partial charge in [0.1, 0.15) is 0 Å². The van der Waals surface area contributed by atoms with Crippen LogP contribution < -0.4 is 37.7 Å². The Labute approximate surface area is 92.9 Å². The average Bonchev–Trinajstić information content (AvgIpc) is 1.59. The maximum absolute atomic E-state index is 2.29. The second-order valence-electron chi connectivity index (χ2n) is 3.66. The van der Waals surface area contributed by atoms with Crippen molar-refractivity contribution < 1.29 is 40.6 Å². The molecule has 0 unspecified atom stereocenters. The van der Waals surface area contributed by atoms with Gasteiger partial charge in [0.05, 0.1) is 0 Å². The zero-order chi connectivity index (χ0) is 6.62. The molecule has 0 radical (unpaired) electrons. The third-order valence-corrected chi connectivity index (χ3v) is 1.28. The van der Waals surface area contributed by atoms with E-state index in [1.807, 2.05) is 0 Å². The Balaban J connectivity index is -0.0000000408. The van der Waals surface area contributed by atoms with E-state index in [-0.39, 0.29) is 40.6 Å². The SMILES string of the molecule is CCCCC(C)(C)C.[H-].[H-].[Li+].[Li+]. The molecule has 0 saturated heterocycles. The van der Waals surface area contributed by atoms with Gasteiger partial charge in [-0.05, 0) is 11.8 Å². The first-order valence-electron chi connectivity index (χ1n) is 3.56. The minimum absolute atomic E-state index is 0. The molecule has 0 atom stereocenters. The molecular weight excluding hydrogens is 110 g/mol. The van der Waals surface area contributed by atoms with Gasteiger partial charge in [0.15, 0.2) is 0 Å². The van der Waals surface area contributed by atoms with Gasteiger partial charge in [0.25, 0.3) is 0 Å². The van der Waals surface area contributed by atoms with E-state index in [0.717, 1.165) is 0 Å². The van der Waals surface area contributed by atoms with Gasteiger partial charge in [0.2, 0.25) is 0 Å². The molecule has 2 heteroatoms. The first-order chi connectivity index (χ1) is 3.56. The summed E-state index contributed by atoms with van der Waals surface area (Å²) in [4.78, 5) is 0. The van der Waals surface area contributed by atoms with Gasteiger partial charge in [-0.2, -0.15) is 0 Å². The van der Waals surface area contributed by atoms with E-state index in [4.69, 9.17) is 0 Å². The summed E-state index contributed by atoms with van der Waals surface area (Å²) in [6, 6.07) is 0. The molecule has 0 amide bonds. The number of hydrogen-bond donors (Lipinski definition) is 0. The smallest absolute Gasteiger partial charge is 1.00 e. The van der Waals surface area contributed by atoms with Crippen molar-refractivity contribution in [2.24, 2.45) is 5.41 Å². The molecule has 0 fully saturated rings. The van der Waals surface area contributed by atoms with Crippen molar-refractivity contribution in [1.29, 1.82) is 0 Å². The summed E-state index contributed by atoms with van der Waals surface area (Å²) >= 11 is 0. The van der Waals surface area contributed by atoms with Gasteiger partial charge in [-0.1, -0.05) is 40.5 Å². The molecule has 0 heterocycles. The zero-order valence-corrected chi connectivity index (χ0v) is 8.62. The van der Waals surface area contributed by atoms with Gasteiger partial charge < -0.3 is 2.85 Å². The average molecular weight is 130 g/mol. The number of rotatable bonds is 2. The summed E-state index contributed by atoms with van der Waals surface area (Å²) in [5.41, 5.74) is 0.552. The van der Waals surface area contributed by atoms with E-state index in [9.17, 15) is 0 Å². The Morgan fingerprint density at radius 1 is 1.10 bits per heavy atom. The number of hydrogen-bond acceptors (Lipinski definition) is 0. The molecule has 0 N–H and O–H groups in total. The minimum Gasteiger partial charge on any atom is -1.00 e. The van der Waals surface area contributed by atoms with Crippen molar-refractivity contribution >= 4 is 0 Å². The first kappa shape index (κ1) is 17.3. The molecule has 0 aliphatic carbocycles. The van der Waals surface area contributed by atoms with Crippen molar-refractivity contribution in [1.82, 2.24) is 0 Å². The molecule has 10 heavy (non-hydrogen) atoms. The van der Waals surface area contributed by atoms with E-state index in [1.54, 1.807) is 0 Å². The monoisotopic (exact) mass is 130 g/mol. The van der Waals surface area contributed by atoms with Gasteiger partial charge in [-0.3, -0.25) is 0 Å². The normalized spacial score (nSPS) is 9.60. The topological polar surface area (TPSA) is 0 Å². The summed E-state index contributed by atoms with van der Waals surface area (Å²) in [5.74, 6) is 0. The van der Waals surface area contributed by atoms with E-state index < -0.39 is 0 Å². The fourth-order valence-electron chi connectivity index (χ4n) is 0.707. The molecule has 0 rings (SSSR count). The van der Waals surface area contributed by atoms with Crippen LogP contribution in [0.5, 0.6) is 0 Å². The van der Waals surface area contributed by atoms with Crippen LogP contribution in [0.1, 0.15) is 49.8 Å². The van der Waals surface area contributed by atoms with Crippen LogP contribution in [0.15, 0.2) is 0 Å². The van der Waals surface area contributed by atoms with Gasteiger partial charge >= 0.3 is 37.7 Å². The molecule has 0 spiro atoms. The van der Waals surface area contributed by atoms with Crippen molar-refractivity contribution in [3.05, 3.63) is 0 Å². The molecule has 0 aromatic rings. The predicted molar refractivity (Wildman–Crippen MR) is 41.2 cm³/mol. The molecule has 0 bridgehead atoms. The third kappa shape index (κ3) is 16.1. The van der Waals surface area contributed by atoms with Crippen LogP contribution in [0.3, 0.4) is 0 Å². The Bertz CT molecular complexity index is 62.6. The molecule has 0 nitrogen and oxygen atoms in total. The summed E-state index contributed by atoms with van der Waals surface area (Å²) in [6.07, 6.45) is 4.07. The fraction of sp³-hybridized carbons (Fsp3) is 1.00. The second kappa shape index (κ2) is 8.29. The quantitative estimate of drug-likeness (QED) is 0.361. The van der Waals surface area contributed by atoms with Crippen molar-refractivity contribution in [3.8, 4) is 0 Å². The standard InChI is InChI=1S/C8H18.2Li.2H/c1-5-6-7-8(2,3)4;;;;/h5-7H2,1-4H3;;;;/q;2*+1;2*-1. The molecule has 0 aliphatic heterocycles. The van der Waals surface area contributed by atoms with Crippen LogP contribution in [0.4, 0.5) is 0 Å². The Morgan fingerprint density at radius 3 is 1.60 bits per heavy atom. The maximum Gasteiger partial charge on any atom is 1.00 e. The van der Waals surface area contributed by atoms with Gasteiger partial charge in [0, 0.05) is 0 Å². The molecule has 0 aliphatic rings. The Kier molecular flexibility index (Phi) is 14.4. The van der Waals surface area contributed by atoms with Crippen molar-refractivity contribution in [2.75, 3.05) is 0 Å². The maximum atomic E-state index is 2.29. The van der Waals surface area contributed by atoms with E-state index in [0.29, 0.717) is 5.41 Å². The second-order valence-corrected chi connectivity index (χ2v) is 3.66. The number of unbranched alkanes of at least 4 members (excludes halogenated alkanes) is 1. The van der Waals surface area contributed by atoms with Crippen LogP contribution in [-0.4, -0.2) is 0 Å². The molecule has 0 aromatic heterocycles. The van der Waals surface area contributed by atoms with Gasteiger partial charge in [-0.25, -0.2) is 0 Å².